The van der Waals surface area contributed by atoms with Crippen molar-refractivity contribution in [2.45, 2.75) is 6.54 Å². The van der Waals surface area contributed by atoms with Gasteiger partial charge in [-0.3, -0.25) is 9.36 Å². The Morgan fingerprint density at radius 3 is 2.89 bits per heavy atom. The predicted molar refractivity (Wildman–Crippen MR) is 70.5 cm³/mol. The molecule has 0 spiro atoms. The standard InChI is InChI=1S/C12H10N2O3S/c1-2-5-14-10(15)8-4-3-7(11(16)17)6-9(8)13-12(14)18/h2-4,6H,1,5H2,(H,13,18)(H,16,17). The number of nitrogens with zero attached hydrogens (tertiary/aromatic N) is 1. The number of aromatic nitrogens is 2. The molecule has 0 saturated heterocycles. The number of allylic oxidation sites excluding steroid dienone is 1. The lowest BCUT2D eigenvalue weighted by Crippen LogP contribution is -2.21. The van der Waals surface area contributed by atoms with Crippen molar-refractivity contribution in [3.63, 3.8) is 0 Å². The summed E-state index contributed by atoms with van der Waals surface area (Å²) in [4.78, 5) is 25.8. The number of aromatic amines is 1. The molecule has 18 heavy (non-hydrogen) atoms. The van der Waals surface area contributed by atoms with Crippen LogP contribution in [0.3, 0.4) is 0 Å². The van der Waals surface area contributed by atoms with Gasteiger partial charge in [-0.25, -0.2) is 4.79 Å². The first-order valence-electron chi connectivity index (χ1n) is 5.15. The Morgan fingerprint density at radius 1 is 1.56 bits per heavy atom. The number of carbonyl (C=O) groups is 1. The number of rotatable bonds is 3. The maximum absolute atomic E-state index is 12.1. The molecule has 1 aromatic carbocycles. The van der Waals surface area contributed by atoms with Crippen LogP contribution in [0.5, 0.6) is 0 Å². The lowest BCUT2D eigenvalue weighted by atomic mass is 10.1. The third kappa shape index (κ3) is 1.98. The van der Waals surface area contributed by atoms with Crippen molar-refractivity contribution in [3.05, 3.63) is 51.5 Å². The van der Waals surface area contributed by atoms with Crippen LogP contribution in [0.15, 0.2) is 35.6 Å². The van der Waals surface area contributed by atoms with E-state index in [1.54, 1.807) is 6.08 Å². The topological polar surface area (TPSA) is 75.1 Å². The molecule has 92 valence electrons. The summed E-state index contributed by atoms with van der Waals surface area (Å²) in [5, 5.41) is 9.28. The maximum Gasteiger partial charge on any atom is 0.335 e. The molecule has 1 aromatic heterocycles. The van der Waals surface area contributed by atoms with Gasteiger partial charge >= 0.3 is 5.97 Å². The molecule has 1 heterocycles. The van der Waals surface area contributed by atoms with E-state index in [0.717, 1.165) is 0 Å². The first-order chi connectivity index (χ1) is 8.54. The van der Waals surface area contributed by atoms with E-state index in [1.165, 1.54) is 22.8 Å². The molecule has 6 heteroatoms. The average Bonchev–Trinajstić information content (AvgIpc) is 2.33. The van der Waals surface area contributed by atoms with Gasteiger partial charge in [-0.15, -0.1) is 6.58 Å². The van der Waals surface area contributed by atoms with Gasteiger partial charge in [0.1, 0.15) is 0 Å². The van der Waals surface area contributed by atoms with Gasteiger partial charge in [0.05, 0.1) is 16.5 Å². The largest absolute Gasteiger partial charge is 0.478 e. The summed E-state index contributed by atoms with van der Waals surface area (Å²) in [6, 6.07) is 4.26. The van der Waals surface area contributed by atoms with E-state index in [4.69, 9.17) is 17.3 Å². The summed E-state index contributed by atoms with van der Waals surface area (Å²) in [6.07, 6.45) is 1.57. The van der Waals surface area contributed by atoms with Crippen LogP contribution in [0.2, 0.25) is 0 Å². The van der Waals surface area contributed by atoms with Crippen molar-refractivity contribution in [2.24, 2.45) is 0 Å². The van der Waals surface area contributed by atoms with E-state index < -0.39 is 5.97 Å². The minimum Gasteiger partial charge on any atom is -0.478 e. The smallest absolute Gasteiger partial charge is 0.335 e. The molecule has 0 fully saturated rings. The van der Waals surface area contributed by atoms with Gasteiger partial charge in [0.25, 0.3) is 5.56 Å². The predicted octanol–water partition coefficient (Wildman–Crippen LogP) is 1.94. The van der Waals surface area contributed by atoms with Crippen LogP contribution < -0.4 is 5.56 Å². The Bertz CT molecular complexity index is 758. The summed E-state index contributed by atoms with van der Waals surface area (Å²) in [5.41, 5.74) is 0.268. The minimum absolute atomic E-state index is 0.106. The van der Waals surface area contributed by atoms with Crippen LogP contribution in [0.4, 0.5) is 0 Å². The van der Waals surface area contributed by atoms with Crippen molar-refractivity contribution < 1.29 is 9.90 Å². The Labute approximate surface area is 107 Å². The van der Waals surface area contributed by atoms with E-state index in [2.05, 4.69) is 11.6 Å². The molecule has 0 bridgehead atoms. The minimum atomic E-state index is -1.05. The van der Waals surface area contributed by atoms with Gasteiger partial charge in [-0.05, 0) is 30.4 Å². The van der Waals surface area contributed by atoms with Crippen LogP contribution in [0, 0.1) is 4.77 Å². The molecule has 0 radical (unpaired) electrons. The molecule has 0 saturated carbocycles. The van der Waals surface area contributed by atoms with Crippen LogP contribution in [0.25, 0.3) is 10.9 Å². The highest BCUT2D eigenvalue weighted by Crippen LogP contribution is 2.10. The molecule has 0 atom stereocenters. The van der Waals surface area contributed by atoms with E-state index >= 15 is 0 Å². The molecule has 0 aliphatic rings. The number of fused-ring (bicyclic) bond motifs is 1. The summed E-state index contributed by atoms with van der Waals surface area (Å²) in [5.74, 6) is -1.05. The van der Waals surface area contributed by atoms with Crippen LogP contribution in [-0.2, 0) is 6.54 Å². The number of nitrogens with one attached hydrogen (secondary N) is 1. The quantitative estimate of drug-likeness (QED) is 0.654. The lowest BCUT2D eigenvalue weighted by Gasteiger charge is -2.05. The fourth-order valence-corrected chi connectivity index (χ4v) is 1.95. The number of benzene rings is 1. The molecule has 0 amide bonds. The van der Waals surface area contributed by atoms with E-state index in [9.17, 15) is 9.59 Å². The highest BCUT2D eigenvalue weighted by molar-refractivity contribution is 7.71. The van der Waals surface area contributed by atoms with Crippen LogP contribution >= 0.6 is 12.2 Å². The van der Waals surface area contributed by atoms with E-state index in [1.807, 2.05) is 0 Å². The SMILES string of the molecule is C=CCn1c(=S)[nH]c2cc(C(=O)O)ccc2c1=O. The van der Waals surface area contributed by atoms with Crippen molar-refractivity contribution in [3.8, 4) is 0 Å². The highest BCUT2D eigenvalue weighted by Gasteiger charge is 2.08. The fraction of sp³-hybridized carbons (Fsp3) is 0.0833. The van der Waals surface area contributed by atoms with Crippen LogP contribution in [0.1, 0.15) is 10.4 Å². The zero-order valence-electron chi connectivity index (χ0n) is 9.34. The van der Waals surface area contributed by atoms with Gasteiger partial charge < -0.3 is 10.1 Å². The first-order valence-corrected chi connectivity index (χ1v) is 5.56. The van der Waals surface area contributed by atoms with E-state index in [0.29, 0.717) is 17.4 Å². The molecule has 5 nitrogen and oxygen atoms in total. The normalized spacial score (nSPS) is 10.4. The fourth-order valence-electron chi connectivity index (χ4n) is 1.68. The van der Waals surface area contributed by atoms with Gasteiger partial charge in [0.2, 0.25) is 0 Å². The second-order valence-corrected chi connectivity index (χ2v) is 4.09. The van der Waals surface area contributed by atoms with Crippen molar-refractivity contribution in [1.82, 2.24) is 9.55 Å². The second kappa shape index (κ2) is 4.58. The van der Waals surface area contributed by atoms with Gasteiger partial charge in [-0.1, -0.05) is 6.08 Å². The molecule has 0 aliphatic carbocycles. The Kier molecular flexibility index (Phi) is 3.12. The zero-order chi connectivity index (χ0) is 13.3. The number of carboxylic acid groups (broad SMARTS) is 1. The Morgan fingerprint density at radius 2 is 2.28 bits per heavy atom. The lowest BCUT2D eigenvalue weighted by molar-refractivity contribution is 0.0697. The molecular formula is C12H10N2O3S. The Balaban J connectivity index is 2.82. The summed E-state index contributed by atoms with van der Waals surface area (Å²) >= 11 is 5.05. The third-order valence-electron chi connectivity index (χ3n) is 2.54. The molecule has 2 aromatic rings. The van der Waals surface area contributed by atoms with Crippen molar-refractivity contribution in [1.29, 1.82) is 0 Å². The average molecular weight is 262 g/mol. The maximum atomic E-state index is 12.1. The summed E-state index contributed by atoms with van der Waals surface area (Å²) in [7, 11) is 0. The van der Waals surface area contributed by atoms with Gasteiger partial charge in [-0.2, -0.15) is 0 Å². The highest BCUT2D eigenvalue weighted by atomic mass is 32.1. The van der Waals surface area contributed by atoms with Crippen molar-refractivity contribution >= 4 is 29.1 Å². The number of hydrogen-bond acceptors (Lipinski definition) is 3. The third-order valence-corrected chi connectivity index (χ3v) is 2.86. The van der Waals surface area contributed by atoms with Gasteiger partial charge in [0.15, 0.2) is 4.77 Å². The second-order valence-electron chi connectivity index (χ2n) is 3.70. The summed E-state index contributed by atoms with van der Waals surface area (Å²) < 4.78 is 1.61. The van der Waals surface area contributed by atoms with E-state index in [-0.39, 0.29) is 15.9 Å². The number of H-pyrrole nitrogens is 1. The number of hydrogen-bond donors (Lipinski definition) is 2. The monoisotopic (exact) mass is 262 g/mol. The zero-order valence-corrected chi connectivity index (χ0v) is 10.2. The molecule has 0 aliphatic heterocycles. The van der Waals surface area contributed by atoms with Gasteiger partial charge in [0, 0.05) is 6.54 Å². The first kappa shape index (κ1) is 12.3. The summed E-state index contributed by atoms with van der Waals surface area (Å²) in [6.45, 7) is 3.87. The number of aromatic carboxylic acids is 1. The van der Waals surface area contributed by atoms with Crippen molar-refractivity contribution in [2.75, 3.05) is 0 Å². The molecule has 0 unspecified atom stereocenters. The van der Waals surface area contributed by atoms with Crippen LogP contribution in [-0.4, -0.2) is 20.6 Å². The Hall–Kier alpha value is -2.21. The molecule has 2 rings (SSSR count). The number of carboxylic acids is 1. The molecule has 2 N–H and O–H groups in total. The molecular weight excluding hydrogens is 252 g/mol.